The number of piperidine rings is 1. The van der Waals surface area contributed by atoms with Crippen LogP contribution < -0.4 is 4.90 Å². The number of fused-ring (bicyclic) bond motifs is 1. The Hall–Kier alpha value is -1.54. The lowest BCUT2D eigenvalue weighted by Gasteiger charge is -2.38. The van der Waals surface area contributed by atoms with Gasteiger partial charge in [-0.15, -0.1) is 0 Å². The van der Waals surface area contributed by atoms with Crippen LogP contribution in [0.15, 0.2) is 40.5 Å². The fraction of sp³-hybridized carbons (Fsp3) is 0.421. The molecule has 1 aromatic carbocycles. The summed E-state index contributed by atoms with van der Waals surface area (Å²) >= 11 is 14.0. The zero-order valence-corrected chi connectivity index (χ0v) is 17.5. The Balaban J connectivity index is 1.43. The molecule has 0 N–H and O–H groups in total. The van der Waals surface area contributed by atoms with E-state index in [2.05, 4.69) is 15.0 Å². The van der Waals surface area contributed by atoms with Gasteiger partial charge in [0.05, 0.1) is 21.5 Å². The van der Waals surface area contributed by atoms with E-state index in [1.807, 2.05) is 22.8 Å². The maximum Gasteiger partial charge on any atom is 0.228 e. The molecule has 9 heteroatoms. The maximum absolute atomic E-state index is 6.35. The summed E-state index contributed by atoms with van der Waals surface area (Å²) in [6.07, 6.45) is 6.84. The first kappa shape index (κ1) is 18.5. The standard InChI is InChI=1S/C19H19Cl2N5OS/c20-13-2-1-3-14(16(13)21)28-15-10-22-18(26-17(15)23-12-24-26)25-7-4-19(5-8-25)6-9-27-11-19/h1-3,10,12H,4-9,11H2. The summed E-state index contributed by atoms with van der Waals surface area (Å²) in [6, 6.07) is 5.60. The van der Waals surface area contributed by atoms with Crippen molar-refractivity contribution >= 4 is 46.6 Å². The van der Waals surface area contributed by atoms with Crippen LogP contribution in [0.1, 0.15) is 19.3 Å². The van der Waals surface area contributed by atoms with Gasteiger partial charge >= 0.3 is 0 Å². The van der Waals surface area contributed by atoms with Crippen molar-refractivity contribution in [2.24, 2.45) is 5.41 Å². The van der Waals surface area contributed by atoms with E-state index < -0.39 is 0 Å². The first-order valence-electron chi connectivity index (χ1n) is 9.29. The summed E-state index contributed by atoms with van der Waals surface area (Å²) in [5.41, 5.74) is 1.13. The number of nitrogens with zero attached hydrogens (tertiary/aromatic N) is 5. The molecule has 0 saturated carbocycles. The summed E-state index contributed by atoms with van der Waals surface area (Å²) in [4.78, 5) is 13.2. The zero-order chi connectivity index (χ0) is 19.1. The number of aromatic nitrogens is 4. The van der Waals surface area contributed by atoms with Gasteiger partial charge in [0, 0.05) is 30.8 Å². The van der Waals surface area contributed by atoms with Crippen molar-refractivity contribution in [3.05, 3.63) is 40.8 Å². The molecule has 0 atom stereocenters. The van der Waals surface area contributed by atoms with Gasteiger partial charge in [-0.2, -0.15) is 9.61 Å². The number of benzene rings is 1. The van der Waals surface area contributed by atoms with Crippen molar-refractivity contribution in [2.45, 2.75) is 29.1 Å². The molecule has 5 rings (SSSR count). The Bertz CT molecular complexity index is 1010. The molecule has 0 aliphatic carbocycles. The number of halogens is 2. The van der Waals surface area contributed by atoms with E-state index >= 15 is 0 Å². The number of rotatable bonds is 3. The minimum absolute atomic E-state index is 0.358. The van der Waals surface area contributed by atoms with E-state index in [0.717, 1.165) is 60.5 Å². The van der Waals surface area contributed by atoms with Crippen LogP contribution >= 0.6 is 35.0 Å². The van der Waals surface area contributed by atoms with Crippen molar-refractivity contribution in [3.8, 4) is 0 Å². The van der Waals surface area contributed by atoms with Gasteiger partial charge in [-0.1, -0.05) is 41.0 Å². The third kappa shape index (κ3) is 3.24. The molecule has 6 nitrogen and oxygen atoms in total. The third-order valence-corrected chi connectivity index (χ3v) is 7.68. The van der Waals surface area contributed by atoms with Gasteiger partial charge in [-0.25, -0.2) is 9.97 Å². The van der Waals surface area contributed by atoms with E-state index in [9.17, 15) is 0 Å². The smallest absolute Gasteiger partial charge is 0.228 e. The van der Waals surface area contributed by atoms with Crippen LogP contribution in [0.5, 0.6) is 0 Å². The van der Waals surface area contributed by atoms with Crippen LogP contribution in [0.2, 0.25) is 10.0 Å². The van der Waals surface area contributed by atoms with Crippen molar-refractivity contribution in [1.82, 2.24) is 19.6 Å². The summed E-state index contributed by atoms with van der Waals surface area (Å²) in [5, 5.41) is 5.50. The molecule has 0 amide bonds. The molecule has 2 aliphatic rings. The molecule has 2 saturated heterocycles. The number of anilines is 1. The van der Waals surface area contributed by atoms with Crippen LogP contribution in [0.25, 0.3) is 5.65 Å². The average Bonchev–Trinajstić information content (AvgIpc) is 3.37. The van der Waals surface area contributed by atoms with Crippen molar-refractivity contribution < 1.29 is 4.74 Å². The van der Waals surface area contributed by atoms with Gasteiger partial charge in [-0.3, -0.25) is 0 Å². The Kier molecular flexibility index (Phi) is 4.87. The second kappa shape index (κ2) is 7.37. The number of hydrogen-bond donors (Lipinski definition) is 0. The highest BCUT2D eigenvalue weighted by atomic mass is 35.5. The second-order valence-corrected chi connectivity index (χ2v) is 9.23. The monoisotopic (exact) mass is 435 g/mol. The Morgan fingerprint density at radius 3 is 2.71 bits per heavy atom. The fourth-order valence-corrected chi connectivity index (χ4v) is 5.37. The van der Waals surface area contributed by atoms with E-state index in [1.54, 1.807) is 12.4 Å². The SMILES string of the molecule is Clc1cccc(Sc2cnc(N3CCC4(CCOC4)CC3)n3ncnc23)c1Cl. The predicted octanol–water partition coefficient (Wildman–Crippen LogP) is 4.59. The van der Waals surface area contributed by atoms with Gasteiger partial charge in [-0.05, 0) is 36.8 Å². The minimum Gasteiger partial charge on any atom is -0.381 e. The Morgan fingerprint density at radius 2 is 1.93 bits per heavy atom. The zero-order valence-electron chi connectivity index (χ0n) is 15.1. The fourth-order valence-electron chi connectivity index (χ4n) is 3.98. The van der Waals surface area contributed by atoms with E-state index in [0.29, 0.717) is 15.5 Å². The molecule has 2 aliphatic heterocycles. The second-order valence-electron chi connectivity index (χ2n) is 7.36. The van der Waals surface area contributed by atoms with Gasteiger partial charge in [0.25, 0.3) is 0 Å². The van der Waals surface area contributed by atoms with E-state index in [-0.39, 0.29) is 0 Å². The van der Waals surface area contributed by atoms with Crippen LogP contribution in [0, 0.1) is 5.41 Å². The molecule has 4 heterocycles. The lowest BCUT2D eigenvalue weighted by molar-refractivity contribution is 0.133. The van der Waals surface area contributed by atoms with Gasteiger partial charge in [0.15, 0.2) is 5.65 Å². The van der Waals surface area contributed by atoms with Crippen LogP contribution in [-0.2, 0) is 4.74 Å². The molecule has 2 aromatic heterocycles. The van der Waals surface area contributed by atoms with Gasteiger partial charge in [0.1, 0.15) is 6.33 Å². The predicted molar refractivity (Wildman–Crippen MR) is 111 cm³/mol. The quantitative estimate of drug-likeness (QED) is 0.599. The number of hydrogen-bond acceptors (Lipinski definition) is 6. The molecule has 0 bridgehead atoms. The van der Waals surface area contributed by atoms with E-state index in [1.165, 1.54) is 18.2 Å². The van der Waals surface area contributed by atoms with Crippen LogP contribution in [-0.4, -0.2) is 45.9 Å². The van der Waals surface area contributed by atoms with Gasteiger partial charge in [0.2, 0.25) is 5.95 Å². The average molecular weight is 436 g/mol. The Morgan fingerprint density at radius 1 is 1.07 bits per heavy atom. The number of ether oxygens (including phenoxy) is 1. The van der Waals surface area contributed by atoms with E-state index in [4.69, 9.17) is 32.9 Å². The molecular formula is C19H19Cl2N5OS. The maximum atomic E-state index is 6.35. The summed E-state index contributed by atoms with van der Waals surface area (Å²) in [7, 11) is 0. The van der Waals surface area contributed by atoms with Crippen molar-refractivity contribution in [1.29, 1.82) is 0 Å². The van der Waals surface area contributed by atoms with Crippen molar-refractivity contribution in [3.63, 3.8) is 0 Å². The first-order valence-corrected chi connectivity index (χ1v) is 10.9. The minimum atomic E-state index is 0.358. The lowest BCUT2D eigenvalue weighted by Crippen LogP contribution is -2.41. The molecule has 0 unspecified atom stereocenters. The molecular weight excluding hydrogens is 417 g/mol. The van der Waals surface area contributed by atoms with Crippen LogP contribution in [0.3, 0.4) is 0 Å². The largest absolute Gasteiger partial charge is 0.381 e. The molecule has 146 valence electrons. The lowest BCUT2D eigenvalue weighted by atomic mass is 9.78. The summed E-state index contributed by atoms with van der Waals surface area (Å²) in [6.45, 7) is 3.70. The highest BCUT2D eigenvalue weighted by Gasteiger charge is 2.38. The first-order chi connectivity index (χ1) is 13.7. The highest BCUT2D eigenvalue weighted by Crippen LogP contribution is 2.41. The molecule has 28 heavy (non-hydrogen) atoms. The molecule has 2 fully saturated rings. The third-order valence-electron chi connectivity index (χ3n) is 5.68. The van der Waals surface area contributed by atoms with Crippen molar-refractivity contribution in [2.75, 3.05) is 31.2 Å². The molecule has 1 spiro atoms. The van der Waals surface area contributed by atoms with Gasteiger partial charge < -0.3 is 9.64 Å². The topological polar surface area (TPSA) is 55.6 Å². The summed E-state index contributed by atoms with van der Waals surface area (Å²) in [5.74, 6) is 0.836. The Labute approximate surface area is 177 Å². The van der Waals surface area contributed by atoms with Crippen LogP contribution in [0.4, 0.5) is 5.95 Å². The molecule has 0 radical (unpaired) electrons. The summed E-state index contributed by atoms with van der Waals surface area (Å²) < 4.78 is 7.47. The normalized spacial score (nSPS) is 19.0. The highest BCUT2D eigenvalue weighted by molar-refractivity contribution is 7.99. The molecule has 3 aromatic rings.